The number of rotatable bonds is 8. The number of anilines is 1. The van der Waals surface area contributed by atoms with Crippen molar-refractivity contribution in [1.29, 1.82) is 0 Å². The fraction of sp³-hybridized carbons (Fsp3) is 0.692. The van der Waals surface area contributed by atoms with Gasteiger partial charge < -0.3 is 10.2 Å². The lowest BCUT2D eigenvalue weighted by atomic mass is 10.1. The van der Waals surface area contributed by atoms with Gasteiger partial charge in [-0.3, -0.25) is 0 Å². The molecular formula is C13H23NO. The van der Waals surface area contributed by atoms with Crippen molar-refractivity contribution in [3.63, 3.8) is 0 Å². The highest BCUT2D eigenvalue weighted by Gasteiger charge is 2.00. The predicted octanol–water partition coefficient (Wildman–Crippen LogP) is 4.15. The van der Waals surface area contributed by atoms with Crippen molar-refractivity contribution >= 4 is 5.88 Å². The van der Waals surface area contributed by atoms with E-state index >= 15 is 0 Å². The van der Waals surface area contributed by atoms with Crippen LogP contribution in [-0.2, 0) is 6.42 Å². The third-order valence-electron chi connectivity index (χ3n) is 2.83. The van der Waals surface area contributed by atoms with Crippen LogP contribution in [0.15, 0.2) is 16.7 Å². The molecule has 2 N–H and O–H groups in total. The topological polar surface area (TPSA) is 39.2 Å². The molecule has 1 rings (SSSR count). The third-order valence-corrected chi connectivity index (χ3v) is 2.83. The normalized spacial score (nSPS) is 10.7. The lowest BCUT2D eigenvalue weighted by Gasteiger charge is -2.00. The number of unbranched alkanes of at least 4 members (excludes halogenated alkanes) is 6. The lowest BCUT2D eigenvalue weighted by Crippen LogP contribution is -1.90. The van der Waals surface area contributed by atoms with Gasteiger partial charge in [0.15, 0.2) is 5.88 Å². The maximum atomic E-state index is 5.65. The maximum absolute atomic E-state index is 5.65. The first-order valence-electron chi connectivity index (χ1n) is 6.16. The molecule has 0 aliphatic heterocycles. The monoisotopic (exact) mass is 209 g/mol. The predicted molar refractivity (Wildman–Crippen MR) is 64.8 cm³/mol. The van der Waals surface area contributed by atoms with E-state index in [2.05, 4.69) is 6.92 Å². The Morgan fingerprint density at radius 2 is 1.73 bits per heavy atom. The second kappa shape index (κ2) is 7.38. The molecule has 1 heterocycles. The second-order valence-corrected chi connectivity index (χ2v) is 4.18. The summed E-state index contributed by atoms with van der Waals surface area (Å²) in [4.78, 5) is 0. The number of hydrogen-bond acceptors (Lipinski definition) is 2. The highest BCUT2D eigenvalue weighted by atomic mass is 16.3. The zero-order valence-electron chi connectivity index (χ0n) is 9.80. The molecule has 0 saturated carbocycles. The van der Waals surface area contributed by atoms with Crippen molar-refractivity contribution in [2.75, 3.05) is 5.73 Å². The zero-order valence-corrected chi connectivity index (χ0v) is 9.80. The molecule has 0 spiro atoms. The minimum atomic E-state index is 0.598. The molecule has 0 aliphatic carbocycles. The Morgan fingerprint density at radius 3 is 2.33 bits per heavy atom. The van der Waals surface area contributed by atoms with Gasteiger partial charge in [-0.2, -0.15) is 0 Å². The minimum absolute atomic E-state index is 0.598. The molecule has 0 bridgehead atoms. The Bertz CT molecular complexity index is 255. The molecule has 0 unspecified atom stereocenters. The highest BCUT2D eigenvalue weighted by Crippen LogP contribution is 2.16. The van der Waals surface area contributed by atoms with Crippen LogP contribution in [0, 0.1) is 0 Å². The summed E-state index contributed by atoms with van der Waals surface area (Å²) in [6, 6.07) is 1.98. The fourth-order valence-electron chi connectivity index (χ4n) is 1.83. The first-order chi connectivity index (χ1) is 7.34. The minimum Gasteiger partial charge on any atom is -0.449 e. The smallest absolute Gasteiger partial charge is 0.193 e. The molecule has 15 heavy (non-hydrogen) atoms. The van der Waals surface area contributed by atoms with Crippen LogP contribution in [0.2, 0.25) is 0 Å². The van der Waals surface area contributed by atoms with Gasteiger partial charge >= 0.3 is 0 Å². The summed E-state index contributed by atoms with van der Waals surface area (Å²) in [5, 5.41) is 0. The summed E-state index contributed by atoms with van der Waals surface area (Å²) in [5.41, 5.74) is 6.82. The summed E-state index contributed by atoms with van der Waals surface area (Å²) in [7, 11) is 0. The summed E-state index contributed by atoms with van der Waals surface area (Å²) in [5.74, 6) is 0.598. The van der Waals surface area contributed by atoms with E-state index in [0.717, 1.165) is 6.42 Å². The van der Waals surface area contributed by atoms with Gasteiger partial charge in [-0.1, -0.05) is 45.4 Å². The summed E-state index contributed by atoms with van der Waals surface area (Å²) in [6.45, 7) is 2.25. The molecule has 2 heteroatoms. The SMILES string of the molecule is CCCCCCCCCc1ccoc1N. The number of furan rings is 1. The Hall–Kier alpha value is -0.920. The second-order valence-electron chi connectivity index (χ2n) is 4.18. The molecule has 0 fully saturated rings. The summed E-state index contributed by atoms with van der Waals surface area (Å²) in [6.07, 6.45) is 12.1. The molecule has 1 aromatic heterocycles. The Balaban J connectivity index is 1.96. The van der Waals surface area contributed by atoms with Crippen LogP contribution in [0.25, 0.3) is 0 Å². The van der Waals surface area contributed by atoms with Crippen LogP contribution >= 0.6 is 0 Å². The molecular weight excluding hydrogens is 186 g/mol. The fourth-order valence-corrected chi connectivity index (χ4v) is 1.83. The van der Waals surface area contributed by atoms with Crippen LogP contribution in [0.1, 0.15) is 57.4 Å². The van der Waals surface area contributed by atoms with E-state index in [1.165, 1.54) is 50.5 Å². The highest BCUT2D eigenvalue weighted by molar-refractivity contribution is 5.35. The Kier molecular flexibility index (Phi) is 5.98. The average Bonchev–Trinajstić information content (AvgIpc) is 2.63. The standard InChI is InChI=1S/C13H23NO/c1-2-3-4-5-6-7-8-9-12-10-11-15-13(12)14/h10-11H,2-9,14H2,1H3. The summed E-state index contributed by atoms with van der Waals surface area (Å²) < 4.78 is 5.05. The zero-order chi connectivity index (χ0) is 10.9. The molecule has 1 aromatic rings. The quantitative estimate of drug-likeness (QED) is 0.653. The van der Waals surface area contributed by atoms with E-state index in [0.29, 0.717) is 5.88 Å². The summed E-state index contributed by atoms with van der Waals surface area (Å²) >= 11 is 0. The molecule has 0 saturated heterocycles. The molecule has 2 nitrogen and oxygen atoms in total. The molecule has 0 amide bonds. The van der Waals surface area contributed by atoms with E-state index in [1.54, 1.807) is 6.26 Å². The van der Waals surface area contributed by atoms with Crippen LogP contribution in [-0.4, -0.2) is 0 Å². The first-order valence-corrected chi connectivity index (χ1v) is 6.16. The van der Waals surface area contributed by atoms with Gasteiger partial charge in [-0.25, -0.2) is 0 Å². The van der Waals surface area contributed by atoms with Crippen LogP contribution in [0.5, 0.6) is 0 Å². The molecule has 0 radical (unpaired) electrons. The van der Waals surface area contributed by atoms with Crippen molar-refractivity contribution in [3.8, 4) is 0 Å². The van der Waals surface area contributed by atoms with Crippen molar-refractivity contribution < 1.29 is 4.42 Å². The average molecular weight is 209 g/mol. The van der Waals surface area contributed by atoms with Crippen LogP contribution in [0.3, 0.4) is 0 Å². The van der Waals surface area contributed by atoms with E-state index in [1.807, 2.05) is 6.07 Å². The van der Waals surface area contributed by atoms with Gasteiger partial charge in [-0.15, -0.1) is 0 Å². The largest absolute Gasteiger partial charge is 0.449 e. The van der Waals surface area contributed by atoms with Crippen molar-refractivity contribution in [2.45, 2.75) is 58.3 Å². The number of aryl methyl sites for hydroxylation is 1. The van der Waals surface area contributed by atoms with E-state index < -0.39 is 0 Å². The number of nitrogens with two attached hydrogens (primary N) is 1. The number of nitrogen functional groups attached to an aromatic ring is 1. The van der Waals surface area contributed by atoms with Crippen LogP contribution < -0.4 is 5.73 Å². The van der Waals surface area contributed by atoms with Gasteiger partial charge in [0.2, 0.25) is 0 Å². The maximum Gasteiger partial charge on any atom is 0.193 e. The van der Waals surface area contributed by atoms with Crippen molar-refractivity contribution in [2.24, 2.45) is 0 Å². The van der Waals surface area contributed by atoms with Gasteiger partial charge in [-0.05, 0) is 18.9 Å². The van der Waals surface area contributed by atoms with E-state index in [4.69, 9.17) is 10.2 Å². The van der Waals surface area contributed by atoms with Crippen LogP contribution in [0.4, 0.5) is 5.88 Å². The number of hydrogen-bond donors (Lipinski definition) is 1. The van der Waals surface area contributed by atoms with Gasteiger partial charge in [0.05, 0.1) is 6.26 Å². The van der Waals surface area contributed by atoms with E-state index in [-0.39, 0.29) is 0 Å². The Morgan fingerprint density at radius 1 is 1.07 bits per heavy atom. The third kappa shape index (κ3) is 4.91. The van der Waals surface area contributed by atoms with Gasteiger partial charge in [0.1, 0.15) is 0 Å². The molecule has 0 aromatic carbocycles. The van der Waals surface area contributed by atoms with Crippen molar-refractivity contribution in [1.82, 2.24) is 0 Å². The Labute approximate surface area is 92.9 Å². The van der Waals surface area contributed by atoms with Crippen molar-refractivity contribution in [3.05, 3.63) is 17.9 Å². The molecule has 0 aliphatic rings. The molecule has 86 valence electrons. The lowest BCUT2D eigenvalue weighted by molar-refractivity contribution is 0.576. The van der Waals surface area contributed by atoms with E-state index in [9.17, 15) is 0 Å². The van der Waals surface area contributed by atoms with Gasteiger partial charge in [0, 0.05) is 5.56 Å². The van der Waals surface area contributed by atoms with Gasteiger partial charge in [0.25, 0.3) is 0 Å². The molecule has 0 atom stereocenters. The first kappa shape index (κ1) is 12.2.